The first-order valence-corrected chi connectivity index (χ1v) is 5.66. The van der Waals surface area contributed by atoms with Crippen LogP contribution in [-0.4, -0.2) is 33.1 Å². The Kier molecular flexibility index (Phi) is 2.90. The molecule has 1 unspecified atom stereocenters. The molecule has 1 aliphatic rings. The third-order valence-corrected chi connectivity index (χ3v) is 4.27. The molecule has 4 heteroatoms. The molecule has 0 bridgehead atoms. The van der Waals surface area contributed by atoms with Gasteiger partial charge in [0.25, 0.3) is 0 Å². The van der Waals surface area contributed by atoms with Crippen LogP contribution in [0.1, 0.15) is 13.3 Å². The fourth-order valence-electron chi connectivity index (χ4n) is 1.41. The molecule has 0 amide bonds. The summed E-state index contributed by atoms with van der Waals surface area (Å²) < 4.78 is 27.6. The monoisotopic (exact) mass is 190 g/mol. The largest absolute Gasteiger partial charge is 0.385 e. The van der Waals surface area contributed by atoms with Gasteiger partial charge in [-0.3, -0.25) is 0 Å². The molecule has 0 aromatic carbocycles. The maximum atomic E-state index is 11.4. The van der Waals surface area contributed by atoms with E-state index in [2.05, 4.69) is 0 Å². The van der Waals surface area contributed by atoms with Crippen LogP contribution in [0.5, 0.6) is 0 Å². The second-order valence-corrected chi connectivity index (χ2v) is 5.28. The quantitative estimate of drug-likeness (QED) is 0.617. The van der Waals surface area contributed by atoms with Crippen LogP contribution in [0, 0.1) is 0 Å². The Morgan fingerprint density at radius 1 is 1.67 bits per heavy atom. The van der Waals surface area contributed by atoms with E-state index in [1.54, 1.807) is 13.2 Å². The zero-order valence-corrected chi connectivity index (χ0v) is 8.23. The van der Waals surface area contributed by atoms with Gasteiger partial charge >= 0.3 is 0 Å². The molecule has 1 aliphatic heterocycles. The van der Waals surface area contributed by atoms with Crippen molar-refractivity contribution in [2.75, 3.05) is 19.5 Å². The van der Waals surface area contributed by atoms with E-state index in [9.17, 15) is 8.42 Å². The molecular formula is C8H14O3S. The zero-order valence-electron chi connectivity index (χ0n) is 7.41. The highest BCUT2D eigenvalue weighted by Crippen LogP contribution is 2.23. The molecule has 0 saturated carbocycles. The molecule has 0 N–H and O–H groups in total. The van der Waals surface area contributed by atoms with Crippen molar-refractivity contribution in [3.63, 3.8) is 0 Å². The first-order valence-electron chi connectivity index (χ1n) is 3.95. The summed E-state index contributed by atoms with van der Waals surface area (Å²) in [4.78, 5) is 0. The minimum absolute atomic E-state index is 0.202. The topological polar surface area (TPSA) is 43.4 Å². The van der Waals surface area contributed by atoms with Gasteiger partial charge in [-0.15, -0.1) is 0 Å². The van der Waals surface area contributed by atoms with Gasteiger partial charge in [0.1, 0.15) is 0 Å². The summed E-state index contributed by atoms with van der Waals surface area (Å²) in [5.74, 6) is 0.202. The molecule has 1 heterocycles. The van der Waals surface area contributed by atoms with Crippen molar-refractivity contribution in [2.45, 2.75) is 18.6 Å². The van der Waals surface area contributed by atoms with Gasteiger partial charge in [0.15, 0.2) is 9.84 Å². The Morgan fingerprint density at radius 3 is 2.75 bits per heavy atom. The molecule has 0 radical (unpaired) electrons. The van der Waals surface area contributed by atoms with Crippen molar-refractivity contribution in [2.24, 2.45) is 0 Å². The maximum absolute atomic E-state index is 11.4. The third kappa shape index (κ3) is 1.87. The molecule has 0 aromatic rings. The van der Waals surface area contributed by atoms with Crippen LogP contribution >= 0.6 is 0 Å². The van der Waals surface area contributed by atoms with Crippen LogP contribution in [0.4, 0.5) is 0 Å². The minimum Gasteiger partial charge on any atom is -0.385 e. The van der Waals surface area contributed by atoms with Gasteiger partial charge in [0, 0.05) is 13.7 Å². The lowest BCUT2D eigenvalue weighted by Crippen LogP contribution is -2.20. The lowest BCUT2D eigenvalue weighted by Gasteiger charge is -2.10. The zero-order chi connectivity index (χ0) is 9.19. The van der Waals surface area contributed by atoms with Crippen LogP contribution in [-0.2, 0) is 14.6 Å². The first kappa shape index (κ1) is 9.74. The molecule has 1 rings (SSSR count). The highest BCUT2D eigenvalue weighted by atomic mass is 32.2. The molecule has 0 fully saturated rings. The van der Waals surface area contributed by atoms with Crippen molar-refractivity contribution in [3.05, 3.63) is 11.6 Å². The predicted molar refractivity (Wildman–Crippen MR) is 47.8 cm³/mol. The van der Waals surface area contributed by atoms with Crippen LogP contribution in [0.2, 0.25) is 0 Å². The highest BCUT2D eigenvalue weighted by Gasteiger charge is 2.30. The number of hydrogen-bond donors (Lipinski definition) is 0. The van der Waals surface area contributed by atoms with Gasteiger partial charge in [0.2, 0.25) is 0 Å². The summed E-state index contributed by atoms with van der Waals surface area (Å²) in [5.41, 5.74) is 0.965. The molecule has 70 valence electrons. The van der Waals surface area contributed by atoms with E-state index in [0.29, 0.717) is 13.0 Å². The van der Waals surface area contributed by atoms with E-state index >= 15 is 0 Å². The van der Waals surface area contributed by atoms with Crippen LogP contribution < -0.4 is 0 Å². The van der Waals surface area contributed by atoms with E-state index in [-0.39, 0.29) is 11.0 Å². The average Bonchev–Trinajstić information content (AvgIpc) is 2.24. The van der Waals surface area contributed by atoms with Gasteiger partial charge < -0.3 is 4.74 Å². The van der Waals surface area contributed by atoms with Crippen molar-refractivity contribution >= 4 is 9.84 Å². The van der Waals surface area contributed by atoms with E-state index < -0.39 is 9.84 Å². The van der Waals surface area contributed by atoms with Crippen LogP contribution in [0.25, 0.3) is 0 Å². The number of ether oxygens (including phenoxy) is 1. The summed E-state index contributed by atoms with van der Waals surface area (Å²) in [6.45, 7) is 2.37. The lowest BCUT2D eigenvalue weighted by atomic mass is 10.1. The van der Waals surface area contributed by atoms with E-state index in [1.165, 1.54) is 0 Å². The summed E-state index contributed by atoms with van der Waals surface area (Å²) in [5, 5.41) is -0.294. The summed E-state index contributed by atoms with van der Waals surface area (Å²) in [6.07, 6.45) is 2.37. The van der Waals surface area contributed by atoms with Crippen molar-refractivity contribution in [3.8, 4) is 0 Å². The predicted octanol–water partition coefficient (Wildman–Crippen LogP) is 0.766. The molecule has 1 atom stereocenters. The number of sulfone groups is 1. The Bertz CT molecular complexity index is 277. The summed E-state index contributed by atoms with van der Waals surface area (Å²) >= 11 is 0. The van der Waals surface area contributed by atoms with Gasteiger partial charge in [0.05, 0.1) is 11.0 Å². The molecule has 0 spiro atoms. The number of methoxy groups -OCH3 is 1. The standard InChI is InChI=1S/C8H14O3S/c1-7-4-6-12(9,10)8(7)3-5-11-2/h4,8H,3,5-6H2,1-2H3. The molecule has 3 nitrogen and oxygen atoms in total. The Morgan fingerprint density at radius 2 is 2.33 bits per heavy atom. The normalized spacial score (nSPS) is 27.2. The van der Waals surface area contributed by atoms with Crippen molar-refractivity contribution in [1.29, 1.82) is 0 Å². The van der Waals surface area contributed by atoms with Gasteiger partial charge in [-0.2, -0.15) is 0 Å². The van der Waals surface area contributed by atoms with Gasteiger partial charge in [-0.25, -0.2) is 8.42 Å². The molecule has 0 saturated heterocycles. The highest BCUT2D eigenvalue weighted by molar-refractivity contribution is 7.92. The average molecular weight is 190 g/mol. The first-order chi connectivity index (χ1) is 5.58. The van der Waals surface area contributed by atoms with E-state index in [4.69, 9.17) is 4.74 Å². The van der Waals surface area contributed by atoms with Crippen molar-refractivity contribution in [1.82, 2.24) is 0 Å². The fraction of sp³-hybridized carbons (Fsp3) is 0.750. The molecule has 12 heavy (non-hydrogen) atoms. The second kappa shape index (κ2) is 3.58. The summed E-state index contributed by atoms with van der Waals surface area (Å²) in [7, 11) is -1.30. The van der Waals surface area contributed by atoms with E-state index in [0.717, 1.165) is 5.57 Å². The maximum Gasteiger partial charge on any atom is 0.160 e. The minimum atomic E-state index is -2.88. The SMILES string of the molecule is COCCC1C(C)=CCS1(=O)=O. The Labute approximate surface area is 73.3 Å². The number of rotatable bonds is 3. The smallest absolute Gasteiger partial charge is 0.160 e. The van der Waals surface area contributed by atoms with Crippen LogP contribution in [0.3, 0.4) is 0 Å². The second-order valence-electron chi connectivity index (χ2n) is 3.05. The van der Waals surface area contributed by atoms with E-state index in [1.807, 2.05) is 6.92 Å². The fourth-order valence-corrected chi connectivity index (χ4v) is 3.26. The molecule has 0 aliphatic carbocycles. The Hall–Kier alpha value is -0.350. The molecular weight excluding hydrogens is 176 g/mol. The Balaban J connectivity index is 2.66. The van der Waals surface area contributed by atoms with Crippen molar-refractivity contribution < 1.29 is 13.2 Å². The summed E-state index contributed by atoms with van der Waals surface area (Å²) in [6, 6.07) is 0. The van der Waals surface area contributed by atoms with Gasteiger partial charge in [-0.1, -0.05) is 11.6 Å². The number of hydrogen-bond acceptors (Lipinski definition) is 3. The van der Waals surface area contributed by atoms with Crippen LogP contribution in [0.15, 0.2) is 11.6 Å². The molecule has 0 aromatic heterocycles. The lowest BCUT2D eigenvalue weighted by molar-refractivity contribution is 0.195. The third-order valence-electron chi connectivity index (χ3n) is 2.16. The van der Waals surface area contributed by atoms with Gasteiger partial charge in [-0.05, 0) is 13.3 Å².